The summed E-state index contributed by atoms with van der Waals surface area (Å²) in [6.45, 7) is 1.45. The molecule has 0 spiro atoms. The lowest BCUT2D eigenvalue weighted by Gasteiger charge is -2.57. The molecule has 39 heavy (non-hydrogen) atoms. The van der Waals surface area contributed by atoms with Crippen molar-refractivity contribution in [2.24, 2.45) is 17.8 Å². The molecule has 3 aromatic rings. The summed E-state index contributed by atoms with van der Waals surface area (Å²) in [7, 11) is -4.07. The van der Waals surface area contributed by atoms with Gasteiger partial charge in [-0.25, -0.2) is 8.42 Å². The van der Waals surface area contributed by atoms with Crippen molar-refractivity contribution in [1.29, 1.82) is 0 Å². The Bertz CT molecular complexity index is 1450. The summed E-state index contributed by atoms with van der Waals surface area (Å²) >= 11 is 12.4. The van der Waals surface area contributed by atoms with E-state index in [2.05, 4.69) is 17.4 Å². The van der Waals surface area contributed by atoms with Gasteiger partial charge in [-0.2, -0.15) is 0 Å². The number of aryl methyl sites for hydroxylation is 1. The second kappa shape index (κ2) is 10.1. The van der Waals surface area contributed by atoms with E-state index in [0.29, 0.717) is 5.69 Å². The van der Waals surface area contributed by atoms with Crippen molar-refractivity contribution in [3.8, 4) is 0 Å². The number of carbonyl (C=O) groups excluding carboxylic acids is 1. The van der Waals surface area contributed by atoms with Crippen molar-refractivity contribution in [3.05, 3.63) is 87.9 Å². The Hall–Kier alpha value is -2.54. The molecular weight excluding hydrogens is 551 g/mol. The Kier molecular flexibility index (Phi) is 6.93. The van der Waals surface area contributed by atoms with Crippen molar-refractivity contribution in [2.45, 2.75) is 55.8 Å². The molecule has 4 fully saturated rings. The van der Waals surface area contributed by atoms with Crippen LogP contribution in [0, 0.1) is 24.7 Å². The zero-order valence-corrected chi connectivity index (χ0v) is 24.2. The molecule has 0 saturated heterocycles. The number of hydrogen-bond acceptors (Lipinski definition) is 3. The van der Waals surface area contributed by atoms with E-state index in [-0.39, 0.29) is 26.0 Å². The van der Waals surface area contributed by atoms with Crippen LogP contribution in [0.25, 0.3) is 0 Å². The number of benzene rings is 3. The number of rotatable bonds is 7. The van der Waals surface area contributed by atoms with Crippen molar-refractivity contribution in [3.63, 3.8) is 0 Å². The zero-order chi connectivity index (χ0) is 27.4. The molecule has 0 radical (unpaired) electrons. The Balaban J connectivity index is 1.23. The fraction of sp³-hybridized carbons (Fsp3) is 0.387. The molecule has 204 valence electrons. The molecule has 8 heteroatoms. The third-order valence-corrected chi connectivity index (χ3v) is 11.1. The molecule has 0 aromatic heterocycles. The molecule has 0 unspecified atom stereocenters. The minimum Gasteiger partial charge on any atom is -0.325 e. The molecule has 1 N–H and O–H groups in total. The highest BCUT2D eigenvalue weighted by molar-refractivity contribution is 7.92. The Morgan fingerprint density at radius 3 is 1.95 bits per heavy atom. The van der Waals surface area contributed by atoms with Crippen molar-refractivity contribution in [1.82, 2.24) is 0 Å². The van der Waals surface area contributed by atoms with E-state index < -0.39 is 22.5 Å². The van der Waals surface area contributed by atoms with E-state index in [1.165, 1.54) is 74.4 Å². The van der Waals surface area contributed by atoms with E-state index in [0.717, 1.165) is 27.6 Å². The Morgan fingerprint density at radius 1 is 0.872 bits per heavy atom. The van der Waals surface area contributed by atoms with Gasteiger partial charge in [-0.3, -0.25) is 9.10 Å². The standard InChI is InChI=1S/C31H32Cl2N2O3S/c1-20-2-8-29(9-3-20)39(37,38)35(28-14-25(32)13-26(33)15-28)19-30(36)34-27-6-4-24(5-7-27)31-16-21-10-22(17-31)12-23(11-21)18-31/h2-9,13-15,21-23H,10-12,16-19H2,1H3,(H,34,36). The van der Waals surface area contributed by atoms with Crippen molar-refractivity contribution < 1.29 is 13.2 Å². The summed E-state index contributed by atoms with van der Waals surface area (Å²) < 4.78 is 28.4. The second-order valence-electron chi connectivity index (χ2n) is 11.8. The number of anilines is 2. The summed E-state index contributed by atoms with van der Waals surface area (Å²) in [6.07, 6.45) is 8.02. The van der Waals surface area contributed by atoms with Crippen LogP contribution in [0.4, 0.5) is 11.4 Å². The predicted octanol–water partition coefficient (Wildman–Crippen LogP) is 7.60. The number of sulfonamides is 1. The molecule has 4 aliphatic carbocycles. The van der Waals surface area contributed by atoms with Gasteiger partial charge in [-0.1, -0.05) is 53.0 Å². The van der Waals surface area contributed by atoms with E-state index in [1.54, 1.807) is 12.1 Å². The number of amides is 1. The fourth-order valence-electron chi connectivity index (χ4n) is 7.54. The number of nitrogens with one attached hydrogen (secondary N) is 1. The summed E-state index contributed by atoms with van der Waals surface area (Å²) in [5.74, 6) is 2.12. The smallest absolute Gasteiger partial charge is 0.264 e. The molecule has 0 heterocycles. The van der Waals surface area contributed by atoms with Crippen LogP contribution in [0.2, 0.25) is 10.0 Å². The first kappa shape index (κ1) is 26.7. The summed E-state index contributed by atoms with van der Waals surface area (Å²) in [6, 6.07) is 19.2. The maximum atomic E-state index is 13.7. The van der Waals surface area contributed by atoms with Gasteiger partial charge in [0.15, 0.2) is 0 Å². The number of hydrogen-bond donors (Lipinski definition) is 1. The van der Waals surface area contributed by atoms with E-state index in [9.17, 15) is 13.2 Å². The lowest BCUT2D eigenvalue weighted by Crippen LogP contribution is -2.48. The van der Waals surface area contributed by atoms with Crippen LogP contribution in [0.5, 0.6) is 0 Å². The van der Waals surface area contributed by atoms with Gasteiger partial charge in [0.25, 0.3) is 10.0 Å². The lowest BCUT2D eigenvalue weighted by atomic mass is 9.48. The highest BCUT2D eigenvalue weighted by Gasteiger charge is 2.51. The van der Waals surface area contributed by atoms with Crippen LogP contribution in [0.15, 0.2) is 71.6 Å². The van der Waals surface area contributed by atoms with Gasteiger partial charge >= 0.3 is 0 Å². The first-order valence-corrected chi connectivity index (χ1v) is 15.8. The third kappa shape index (κ3) is 5.31. The first-order chi connectivity index (χ1) is 18.6. The molecule has 0 atom stereocenters. The molecule has 5 nitrogen and oxygen atoms in total. The quantitative estimate of drug-likeness (QED) is 0.312. The third-order valence-electron chi connectivity index (χ3n) is 8.85. The van der Waals surface area contributed by atoms with Crippen LogP contribution in [0.1, 0.15) is 49.7 Å². The summed E-state index contributed by atoms with van der Waals surface area (Å²) in [5.41, 5.74) is 3.45. The van der Waals surface area contributed by atoms with Gasteiger partial charge in [0.1, 0.15) is 6.54 Å². The normalized spacial score (nSPS) is 25.5. The van der Waals surface area contributed by atoms with Crippen LogP contribution >= 0.6 is 23.2 Å². The van der Waals surface area contributed by atoms with Crippen LogP contribution in [-0.2, 0) is 20.2 Å². The maximum absolute atomic E-state index is 13.7. The zero-order valence-electron chi connectivity index (χ0n) is 21.9. The largest absolute Gasteiger partial charge is 0.325 e. The second-order valence-corrected chi connectivity index (χ2v) is 14.5. The molecule has 0 aliphatic heterocycles. The molecule has 1 amide bonds. The van der Waals surface area contributed by atoms with Crippen molar-refractivity contribution in [2.75, 3.05) is 16.2 Å². The SMILES string of the molecule is Cc1ccc(S(=O)(=O)N(CC(=O)Nc2ccc(C34CC5CC(CC(C5)C3)C4)cc2)c2cc(Cl)cc(Cl)c2)cc1. The Morgan fingerprint density at radius 2 is 1.41 bits per heavy atom. The van der Waals surface area contributed by atoms with Gasteiger partial charge in [0.2, 0.25) is 5.91 Å². The van der Waals surface area contributed by atoms with Gasteiger partial charge in [0.05, 0.1) is 10.6 Å². The van der Waals surface area contributed by atoms with E-state index >= 15 is 0 Å². The molecule has 7 rings (SSSR count). The van der Waals surface area contributed by atoms with Crippen LogP contribution in [0.3, 0.4) is 0 Å². The Labute approximate surface area is 240 Å². The minimum absolute atomic E-state index is 0.0805. The molecule has 4 saturated carbocycles. The average molecular weight is 584 g/mol. The molecule has 3 aromatic carbocycles. The number of halogens is 2. The highest BCUT2D eigenvalue weighted by Crippen LogP contribution is 2.60. The first-order valence-electron chi connectivity index (χ1n) is 13.6. The van der Waals surface area contributed by atoms with Crippen LogP contribution in [-0.4, -0.2) is 20.9 Å². The van der Waals surface area contributed by atoms with Gasteiger partial charge in [0, 0.05) is 15.7 Å². The monoisotopic (exact) mass is 582 g/mol. The lowest BCUT2D eigenvalue weighted by molar-refractivity contribution is -0.114. The topological polar surface area (TPSA) is 66.5 Å². The van der Waals surface area contributed by atoms with Gasteiger partial charge < -0.3 is 5.32 Å². The minimum atomic E-state index is -4.07. The summed E-state index contributed by atoms with van der Waals surface area (Å²) in [4.78, 5) is 13.3. The predicted molar refractivity (Wildman–Crippen MR) is 157 cm³/mol. The van der Waals surface area contributed by atoms with E-state index in [1.807, 2.05) is 19.1 Å². The maximum Gasteiger partial charge on any atom is 0.264 e. The van der Waals surface area contributed by atoms with Crippen LogP contribution < -0.4 is 9.62 Å². The van der Waals surface area contributed by atoms with Gasteiger partial charge in [-0.15, -0.1) is 0 Å². The highest BCUT2D eigenvalue weighted by atomic mass is 35.5. The average Bonchev–Trinajstić information content (AvgIpc) is 2.86. The number of carbonyl (C=O) groups is 1. The van der Waals surface area contributed by atoms with E-state index in [4.69, 9.17) is 23.2 Å². The molecule has 4 aliphatic rings. The summed E-state index contributed by atoms with van der Waals surface area (Å²) in [5, 5.41) is 3.45. The van der Waals surface area contributed by atoms with Crippen molar-refractivity contribution >= 4 is 50.5 Å². The molecule has 4 bridgehead atoms. The fourth-order valence-corrected chi connectivity index (χ4v) is 9.46. The van der Waals surface area contributed by atoms with Gasteiger partial charge in [-0.05, 0) is 117 Å². The number of nitrogens with zero attached hydrogens (tertiary/aromatic N) is 1. The molecular formula is C31H32Cl2N2O3S.